The lowest BCUT2D eigenvalue weighted by Gasteiger charge is -2.35. The Labute approximate surface area is 94.4 Å². The van der Waals surface area contributed by atoms with Gasteiger partial charge in [-0.15, -0.1) is 0 Å². The summed E-state index contributed by atoms with van der Waals surface area (Å²) in [6.07, 6.45) is 2.33. The number of hydrogen-bond acceptors (Lipinski definition) is 1. The molecule has 0 aliphatic heterocycles. The Bertz CT molecular complexity index is 332. The third-order valence-corrected chi connectivity index (χ3v) is 3.52. The minimum Gasteiger partial charge on any atom is -0.317 e. The van der Waals surface area contributed by atoms with Crippen molar-refractivity contribution in [3.8, 4) is 0 Å². The van der Waals surface area contributed by atoms with Crippen molar-refractivity contribution in [2.24, 2.45) is 0 Å². The lowest BCUT2D eigenvalue weighted by Crippen LogP contribution is -2.37. The third kappa shape index (κ3) is 1.90. The maximum Gasteiger partial charge on any atom is 0.0441 e. The van der Waals surface area contributed by atoms with E-state index in [9.17, 15) is 0 Å². The first-order chi connectivity index (χ1) is 6.70. The van der Waals surface area contributed by atoms with Gasteiger partial charge >= 0.3 is 0 Å². The van der Waals surface area contributed by atoms with Crippen LogP contribution in [0.15, 0.2) is 18.2 Å². The lowest BCUT2D eigenvalue weighted by atomic mass is 9.76. The highest BCUT2D eigenvalue weighted by molar-refractivity contribution is 6.33. The number of benzene rings is 1. The molecule has 0 atom stereocenters. The summed E-state index contributed by atoms with van der Waals surface area (Å²) < 4.78 is 0. The van der Waals surface area contributed by atoms with Gasteiger partial charge in [0.2, 0.25) is 0 Å². The molecule has 0 saturated heterocycles. The van der Waals surface area contributed by atoms with Crippen LogP contribution in [0, 0.1) is 0 Å². The van der Waals surface area contributed by atoms with E-state index in [1.54, 1.807) is 0 Å². The van der Waals surface area contributed by atoms with Gasteiger partial charge in [-0.2, -0.15) is 0 Å². The van der Waals surface area contributed by atoms with Gasteiger partial charge in [-0.25, -0.2) is 0 Å². The smallest absolute Gasteiger partial charge is 0.0441 e. The van der Waals surface area contributed by atoms with Gasteiger partial charge in [0.05, 0.1) is 0 Å². The van der Waals surface area contributed by atoms with Crippen LogP contribution in [-0.2, 0) is 0 Å². The summed E-state index contributed by atoms with van der Waals surface area (Å²) in [4.78, 5) is 0. The van der Waals surface area contributed by atoms with Gasteiger partial charge in [0, 0.05) is 16.1 Å². The standard InChI is InChI=1S/C11H13Cl2N/c1-14-9-4-7(5-9)10-6-8(12)2-3-11(10)13/h2-3,6-7,9,14H,4-5H2,1H3. The first kappa shape index (κ1) is 10.3. The second kappa shape index (κ2) is 4.09. The van der Waals surface area contributed by atoms with E-state index in [-0.39, 0.29) is 0 Å². The zero-order valence-electron chi connectivity index (χ0n) is 8.06. The molecule has 76 valence electrons. The summed E-state index contributed by atoms with van der Waals surface area (Å²) in [5, 5.41) is 4.88. The van der Waals surface area contributed by atoms with Gasteiger partial charge in [0.1, 0.15) is 0 Å². The zero-order valence-corrected chi connectivity index (χ0v) is 9.57. The second-order valence-corrected chi connectivity index (χ2v) is 4.66. The molecular weight excluding hydrogens is 217 g/mol. The fourth-order valence-corrected chi connectivity index (χ4v) is 2.39. The molecule has 0 radical (unpaired) electrons. The Morgan fingerprint density at radius 2 is 2.00 bits per heavy atom. The summed E-state index contributed by atoms with van der Waals surface area (Å²) in [6.45, 7) is 0. The summed E-state index contributed by atoms with van der Waals surface area (Å²) in [5.41, 5.74) is 1.20. The minimum absolute atomic E-state index is 0.582. The van der Waals surface area contributed by atoms with Crippen molar-refractivity contribution in [2.45, 2.75) is 24.8 Å². The molecule has 1 N–H and O–H groups in total. The van der Waals surface area contributed by atoms with Crippen LogP contribution in [-0.4, -0.2) is 13.1 Å². The lowest BCUT2D eigenvalue weighted by molar-refractivity contribution is 0.307. The summed E-state index contributed by atoms with van der Waals surface area (Å²) in [6, 6.07) is 6.35. The molecule has 0 amide bonds. The second-order valence-electron chi connectivity index (χ2n) is 3.82. The molecule has 0 aromatic heterocycles. The van der Waals surface area contributed by atoms with Crippen LogP contribution in [0.3, 0.4) is 0 Å². The van der Waals surface area contributed by atoms with Crippen LogP contribution < -0.4 is 5.32 Å². The first-order valence-electron chi connectivity index (χ1n) is 4.83. The van der Waals surface area contributed by atoms with Crippen LogP contribution in [0.2, 0.25) is 10.0 Å². The van der Waals surface area contributed by atoms with Crippen molar-refractivity contribution < 1.29 is 0 Å². The highest BCUT2D eigenvalue weighted by atomic mass is 35.5. The topological polar surface area (TPSA) is 12.0 Å². The molecule has 1 saturated carbocycles. The molecule has 1 aliphatic rings. The van der Waals surface area contributed by atoms with Crippen molar-refractivity contribution in [3.05, 3.63) is 33.8 Å². The molecule has 3 heteroatoms. The van der Waals surface area contributed by atoms with Crippen LogP contribution in [0.25, 0.3) is 0 Å². The normalized spacial score (nSPS) is 25.9. The van der Waals surface area contributed by atoms with Gasteiger partial charge in [-0.05, 0) is 49.6 Å². The predicted octanol–water partition coefficient (Wildman–Crippen LogP) is 3.46. The van der Waals surface area contributed by atoms with Crippen LogP contribution in [0.1, 0.15) is 24.3 Å². The number of nitrogens with one attached hydrogen (secondary N) is 1. The Hall–Kier alpha value is -0.240. The largest absolute Gasteiger partial charge is 0.317 e. The molecule has 1 fully saturated rings. The maximum absolute atomic E-state index is 6.12. The molecule has 14 heavy (non-hydrogen) atoms. The molecule has 1 aliphatic carbocycles. The quantitative estimate of drug-likeness (QED) is 0.820. The SMILES string of the molecule is CNC1CC(c2cc(Cl)ccc2Cl)C1. The number of halogens is 2. The van der Waals surface area contributed by atoms with Crippen molar-refractivity contribution in [1.82, 2.24) is 5.32 Å². The Morgan fingerprint density at radius 3 is 2.64 bits per heavy atom. The summed E-state index contributed by atoms with van der Waals surface area (Å²) in [5.74, 6) is 0.582. The number of hydrogen-bond donors (Lipinski definition) is 1. The fraction of sp³-hybridized carbons (Fsp3) is 0.455. The molecule has 1 aromatic carbocycles. The third-order valence-electron chi connectivity index (χ3n) is 2.94. The average Bonchev–Trinajstić information content (AvgIpc) is 2.09. The molecule has 1 aromatic rings. The van der Waals surface area contributed by atoms with E-state index in [0.29, 0.717) is 12.0 Å². The predicted molar refractivity (Wildman–Crippen MR) is 61.3 cm³/mol. The Kier molecular flexibility index (Phi) is 3.01. The van der Waals surface area contributed by atoms with Gasteiger partial charge < -0.3 is 5.32 Å². The van der Waals surface area contributed by atoms with E-state index < -0.39 is 0 Å². The molecule has 0 unspecified atom stereocenters. The fourth-order valence-electron chi connectivity index (χ4n) is 1.93. The van der Waals surface area contributed by atoms with E-state index in [2.05, 4.69) is 5.32 Å². The van der Waals surface area contributed by atoms with E-state index in [1.807, 2.05) is 25.2 Å². The van der Waals surface area contributed by atoms with Crippen molar-refractivity contribution in [3.63, 3.8) is 0 Å². The van der Waals surface area contributed by atoms with Gasteiger partial charge in [-0.1, -0.05) is 23.2 Å². The van der Waals surface area contributed by atoms with E-state index >= 15 is 0 Å². The van der Waals surface area contributed by atoms with E-state index in [4.69, 9.17) is 23.2 Å². The summed E-state index contributed by atoms with van der Waals surface area (Å²) in [7, 11) is 2.00. The van der Waals surface area contributed by atoms with Crippen LogP contribution >= 0.6 is 23.2 Å². The summed E-state index contributed by atoms with van der Waals surface area (Å²) >= 11 is 12.1. The Balaban J connectivity index is 2.13. The van der Waals surface area contributed by atoms with Crippen molar-refractivity contribution in [1.29, 1.82) is 0 Å². The highest BCUT2D eigenvalue weighted by Gasteiger charge is 2.30. The molecular formula is C11H13Cl2N. The van der Waals surface area contributed by atoms with Crippen LogP contribution in [0.5, 0.6) is 0 Å². The molecule has 1 nitrogen and oxygen atoms in total. The monoisotopic (exact) mass is 229 g/mol. The minimum atomic E-state index is 0.582. The van der Waals surface area contributed by atoms with E-state index in [0.717, 1.165) is 22.9 Å². The first-order valence-corrected chi connectivity index (χ1v) is 5.58. The molecule has 0 spiro atoms. The highest BCUT2D eigenvalue weighted by Crippen LogP contribution is 2.40. The zero-order chi connectivity index (χ0) is 10.1. The van der Waals surface area contributed by atoms with Crippen molar-refractivity contribution >= 4 is 23.2 Å². The molecule has 2 rings (SSSR count). The van der Waals surface area contributed by atoms with Gasteiger partial charge in [-0.3, -0.25) is 0 Å². The van der Waals surface area contributed by atoms with Crippen molar-refractivity contribution in [2.75, 3.05) is 7.05 Å². The van der Waals surface area contributed by atoms with E-state index in [1.165, 1.54) is 5.56 Å². The molecule has 0 heterocycles. The maximum atomic E-state index is 6.12. The van der Waals surface area contributed by atoms with Crippen LogP contribution in [0.4, 0.5) is 0 Å². The van der Waals surface area contributed by atoms with Gasteiger partial charge in [0.15, 0.2) is 0 Å². The number of rotatable bonds is 2. The molecule has 0 bridgehead atoms. The average molecular weight is 230 g/mol. The van der Waals surface area contributed by atoms with Gasteiger partial charge in [0.25, 0.3) is 0 Å². The Morgan fingerprint density at radius 1 is 1.29 bits per heavy atom.